The summed E-state index contributed by atoms with van der Waals surface area (Å²) in [6, 6.07) is 11.2. The van der Waals surface area contributed by atoms with Gasteiger partial charge in [-0.15, -0.1) is 0 Å². The molecule has 0 aliphatic heterocycles. The molecule has 2 aromatic rings. The van der Waals surface area contributed by atoms with Gasteiger partial charge in [0.2, 0.25) is 5.91 Å². The third-order valence-corrected chi connectivity index (χ3v) is 6.71. The van der Waals surface area contributed by atoms with E-state index in [4.69, 9.17) is 4.18 Å². The highest BCUT2D eigenvalue weighted by Gasteiger charge is 2.27. The van der Waals surface area contributed by atoms with Crippen LogP contribution in [0.2, 0.25) is 0 Å². The minimum atomic E-state index is -4.04. The lowest BCUT2D eigenvalue weighted by Crippen LogP contribution is -2.41. The normalized spacial score (nSPS) is 15.2. The van der Waals surface area contributed by atoms with Crippen LogP contribution in [0, 0.1) is 11.7 Å². The minimum Gasteiger partial charge on any atom is -0.379 e. The van der Waals surface area contributed by atoms with Crippen molar-refractivity contribution in [3.8, 4) is 5.75 Å². The van der Waals surface area contributed by atoms with Gasteiger partial charge in [-0.1, -0.05) is 31.4 Å². The Balaban J connectivity index is 1.68. The summed E-state index contributed by atoms with van der Waals surface area (Å²) in [6.45, 7) is 4.49. The third kappa shape index (κ3) is 5.59. The zero-order valence-corrected chi connectivity index (χ0v) is 18.2. The molecule has 7 heteroatoms. The van der Waals surface area contributed by atoms with Crippen LogP contribution in [0.3, 0.4) is 0 Å². The van der Waals surface area contributed by atoms with Crippen LogP contribution in [0.5, 0.6) is 5.75 Å². The number of hydrogen-bond acceptors (Lipinski definition) is 4. The smallest absolute Gasteiger partial charge is 0.339 e. The van der Waals surface area contributed by atoms with E-state index in [9.17, 15) is 17.6 Å². The van der Waals surface area contributed by atoms with Gasteiger partial charge < -0.3 is 9.08 Å². The molecule has 0 aromatic heterocycles. The molecule has 1 fully saturated rings. The molecule has 1 aliphatic rings. The van der Waals surface area contributed by atoms with Crippen molar-refractivity contribution in [1.82, 2.24) is 4.90 Å². The highest BCUT2D eigenvalue weighted by molar-refractivity contribution is 7.87. The Morgan fingerprint density at radius 3 is 2.20 bits per heavy atom. The number of carbonyl (C=O) groups is 1. The number of halogens is 1. The number of benzene rings is 2. The molecule has 0 spiro atoms. The van der Waals surface area contributed by atoms with Crippen molar-refractivity contribution >= 4 is 16.0 Å². The Hall–Kier alpha value is -2.41. The standard InChI is InChI=1S/C23H28FNO4S/c1-17(2)25(23(26)19-6-4-3-5-7-19)16-18-8-12-21(13-9-18)29-30(27,28)22-14-10-20(24)11-15-22/h8-15,17,19H,3-7,16H2,1-2H3. The summed E-state index contributed by atoms with van der Waals surface area (Å²) in [5, 5.41) is 0. The first-order chi connectivity index (χ1) is 14.3. The lowest BCUT2D eigenvalue weighted by atomic mass is 9.88. The molecule has 0 unspecified atom stereocenters. The van der Waals surface area contributed by atoms with Crippen LogP contribution in [0.15, 0.2) is 53.4 Å². The molecular formula is C23H28FNO4S. The molecule has 0 radical (unpaired) electrons. The summed E-state index contributed by atoms with van der Waals surface area (Å²) in [6.07, 6.45) is 5.33. The fourth-order valence-corrected chi connectivity index (χ4v) is 4.65. The highest BCUT2D eigenvalue weighted by Crippen LogP contribution is 2.27. The molecule has 30 heavy (non-hydrogen) atoms. The molecule has 1 aliphatic carbocycles. The minimum absolute atomic E-state index is 0.0780. The van der Waals surface area contributed by atoms with Gasteiger partial charge in [-0.25, -0.2) is 4.39 Å². The summed E-state index contributed by atoms with van der Waals surface area (Å²) in [5.41, 5.74) is 0.902. The van der Waals surface area contributed by atoms with E-state index in [0.29, 0.717) is 6.54 Å². The fraction of sp³-hybridized carbons (Fsp3) is 0.435. The van der Waals surface area contributed by atoms with Crippen LogP contribution < -0.4 is 4.18 Å². The van der Waals surface area contributed by atoms with Crippen LogP contribution in [0.1, 0.15) is 51.5 Å². The van der Waals surface area contributed by atoms with E-state index >= 15 is 0 Å². The van der Waals surface area contributed by atoms with Crippen molar-refractivity contribution in [2.45, 2.75) is 63.4 Å². The van der Waals surface area contributed by atoms with E-state index in [2.05, 4.69) is 0 Å². The summed E-state index contributed by atoms with van der Waals surface area (Å²) in [7, 11) is -4.04. The quantitative estimate of drug-likeness (QED) is 0.582. The van der Waals surface area contributed by atoms with Gasteiger partial charge in [0, 0.05) is 18.5 Å². The van der Waals surface area contributed by atoms with Crippen molar-refractivity contribution in [2.24, 2.45) is 5.92 Å². The van der Waals surface area contributed by atoms with Crippen molar-refractivity contribution in [2.75, 3.05) is 0 Å². The average molecular weight is 434 g/mol. The number of hydrogen-bond donors (Lipinski definition) is 0. The Morgan fingerprint density at radius 1 is 1.03 bits per heavy atom. The van der Waals surface area contributed by atoms with E-state index in [1.54, 1.807) is 24.3 Å². The second-order valence-corrected chi connectivity index (χ2v) is 9.58. The fourth-order valence-electron chi connectivity index (χ4n) is 3.72. The first-order valence-electron chi connectivity index (χ1n) is 10.4. The van der Waals surface area contributed by atoms with E-state index in [1.807, 2.05) is 18.7 Å². The van der Waals surface area contributed by atoms with Gasteiger partial charge in [-0.05, 0) is 68.7 Å². The zero-order chi connectivity index (χ0) is 21.7. The van der Waals surface area contributed by atoms with E-state index in [0.717, 1.165) is 55.5 Å². The topological polar surface area (TPSA) is 63.7 Å². The zero-order valence-electron chi connectivity index (χ0n) is 17.4. The number of amides is 1. The summed E-state index contributed by atoms with van der Waals surface area (Å²) < 4.78 is 42.8. The molecule has 3 rings (SSSR count). The first kappa shape index (κ1) is 22.3. The summed E-state index contributed by atoms with van der Waals surface area (Å²) in [4.78, 5) is 14.8. The maximum atomic E-state index is 13.0. The van der Waals surface area contributed by atoms with E-state index in [1.165, 1.54) is 6.42 Å². The molecule has 0 bridgehead atoms. The Bertz CT molecular complexity index is 950. The Morgan fingerprint density at radius 2 is 1.63 bits per heavy atom. The molecule has 2 aromatic carbocycles. The number of rotatable bonds is 7. The predicted octanol–water partition coefficient (Wildman–Crippen LogP) is 4.91. The lowest BCUT2D eigenvalue weighted by Gasteiger charge is -2.32. The summed E-state index contributed by atoms with van der Waals surface area (Å²) >= 11 is 0. The highest BCUT2D eigenvalue weighted by atomic mass is 32.2. The number of nitrogens with zero attached hydrogens (tertiary/aromatic N) is 1. The lowest BCUT2D eigenvalue weighted by molar-refractivity contribution is -0.139. The second kappa shape index (κ2) is 9.60. The second-order valence-electron chi connectivity index (χ2n) is 8.03. The maximum Gasteiger partial charge on any atom is 0.339 e. The monoisotopic (exact) mass is 433 g/mol. The van der Waals surface area contributed by atoms with Crippen LogP contribution in [0.25, 0.3) is 0 Å². The molecule has 0 atom stereocenters. The van der Waals surface area contributed by atoms with Gasteiger partial charge in [-0.3, -0.25) is 4.79 Å². The molecule has 0 heterocycles. The predicted molar refractivity (Wildman–Crippen MR) is 113 cm³/mol. The van der Waals surface area contributed by atoms with Gasteiger partial charge in [-0.2, -0.15) is 8.42 Å². The van der Waals surface area contributed by atoms with Crippen LogP contribution in [0.4, 0.5) is 4.39 Å². The largest absolute Gasteiger partial charge is 0.379 e. The van der Waals surface area contributed by atoms with Crippen LogP contribution >= 0.6 is 0 Å². The molecule has 5 nitrogen and oxygen atoms in total. The van der Waals surface area contributed by atoms with Gasteiger partial charge in [0.05, 0.1) is 0 Å². The van der Waals surface area contributed by atoms with Crippen molar-refractivity contribution < 1.29 is 21.8 Å². The van der Waals surface area contributed by atoms with Gasteiger partial charge >= 0.3 is 10.1 Å². The van der Waals surface area contributed by atoms with Crippen LogP contribution in [-0.2, 0) is 21.5 Å². The van der Waals surface area contributed by atoms with E-state index in [-0.39, 0.29) is 28.5 Å². The van der Waals surface area contributed by atoms with Gasteiger partial charge in [0.15, 0.2) is 0 Å². The van der Waals surface area contributed by atoms with Gasteiger partial charge in [0.1, 0.15) is 16.5 Å². The average Bonchev–Trinajstić information content (AvgIpc) is 2.73. The van der Waals surface area contributed by atoms with Crippen LogP contribution in [-0.4, -0.2) is 25.3 Å². The van der Waals surface area contributed by atoms with Gasteiger partial charge in [0.25, 0.3) is 0 Å². The van der Waals surface area contributed by atoms with Crippen molar-refractivity contribution in [3.63, 3.8) is 0 Å². The third-order valence-electron chi connectivity index (χ3n) is 5.45. The van der Waals surface area contributed by atoms with Crippen molar-refractivity contribution in [1.29, 1.82) is 0 Å². The molecule has 1 saturated carbocycles. The summed E-state index contributed by atoms with van der Waals surface area (Å²) in [5.74, 6) is -0.0536. The van der Waals surface area contributed by atoms with E-state index < -0.39 is 15.9 Å². The Labute approximate surface area is 178 Å². The maximum absolute atomic E-state index is 13.0. The molecular weight excluding hydrogens is 405 g/mol. The molecule has 162 valence electrons. The number of carbonyl (C=O) groups excluding carboxylic acids is 1. The SMILES string of the molecule is CC(C)N(Cc1ccc(OS(=O)(=O)c2ccc(F)cc2)cc1)C(=O)C1CCCCC1. The van der Waals surface area contributed by atoms with Crippen molar-refractivity contribution in [3.05, 3.63) is 59.9 Å². The molecule has 0 saturated heterocycles. The molecule has 0 N–H and O–H groups in total. The first-order valence-corrected chi connectivity index (χ1v) is 11.8. The Kier molecular flexibility index (Phi) is 7.13. The molecule has 1 amide bonds.